The summed E-state index contributed by atoms with van der Waals surface area (Å²) in [4.78, 5) is 10.6. The number of benzene rings is 1. The smallest absolute Gasteiger partial charge is 0.153 e. The quantitative estimate of drug-likeness (QED) is 0.698. The summed E-state index contributed by atoms with van der Waals surface area (Å²) in [5, 5.41) is 0.471. The molecule has 0 heterocycles. The highest BCUT2D eigenvalue weighted by atomic mass is 35.5. The normalized spacial score (nSPS) is 10.2. The Labute approximate surface area is 82.5 Å². The van der Waals surface area contributed by atoms with E-state index in [4.69, 9.17) is 16.3 Å². The predicted octanol–water partition coefficient (Wildman–Crippen LogP) is 2.94. The Kier molecular flexibility index (Phi) is 3.32. The lowest BCUT2D eigenvalue weighted by atomic mass is 10.2. The Hall–Kier alpha value is -1.02. The number of carbonyl (C=O) groups excluding carboxylic acids is 1. The van der Waals surface area contributed by atoms with Crippen molar-refractivity contribution in [3.05, 3.63) is 28.8 Å². The minimum Gasteiger partial charge on any atom is -0.489 e. The SMILES string of the molecule is CC(C)Oc1c(Cl)cccc1C=O. The van der Waals surface area contributed by atoms with Crippen molar-refractivity contribution in [3.8, 4) is 5.75 Å². The molecule has 1 aromatic rings. The second-order valence-corrected chi connectivity index (χ2v) is 3.35. The number of ether oxygens (including phenoxy) is 1. The highest BCUT2D eigenvalue weighted by Crippen LogP contribution is 2.28. The minimum absolute atomic E-state index is 0.0126. The second-order valence-electron chi connectivity index (χ2n) is 2.94. The molecule has 0 aliphatic rings. The molecule has 0 saturated heterocycles. The van der Waals surface area contributed by atoms with Crippen LogP contribution in [0.4, 0.5) is 0 Å². The van der Waals surface area contributed by atoms with Crippen molar-refractivity contribution >= 4 is 17.9 Å². The number of para-hydroxylation sites is 1. The lowest BCUT2D eigenvalue weighted by molar-refractivity contribution is 0.111. The summed E-state index contributed by atoms with van der Waals surface area (Å²) in [7, 11) is 0. The Morgan fingerprint density at radius 1 is 1.46 bits per heavy atom. The van der Waals surface area contributed by atoms with Crippen LogP contribution >= 0.6 is 11.6 Å². The number of halogens is 1. The van der Waals surface area contributed by atoms with Gasteiger partial charge < -0.3 is 4.74 Å². The van der Waals surface area contributed by atoms with E-state index in [1.54, 1.807) is 18.2 Å². The third-order valence-electron chi connectivity index (χ3n) is 1.48. The fourth-order valence-electron chi connectivity index (χ4n) is 0.978. The largest absolute Gasteiger partial charge is 0.489 e. The molecule has 0 saturated carbocycles. The van der Waals surface area contributed by atoms with Crippen molar-refractivity contribution in [3.63, 3.8) is 0 Å². The molecule has 0 aromatic heterocycles. The molecule has 0 bridgehead atoms. The summed E-state index contributed by atoms with van der Waals surface area (Å²) in [5.41, 5.74) is 0.487. The van der Waals surface area contributed by atoms with Crippen LogP contribution in [-0.2, 0) is 0 Å². The van der Waals surface area contributed by atoms with E-state index in [0.717, 1.165) is 6.29 Å². The van der Waals surface area contributed by atoms with E-state index in [2.05, 4.69) is 0 Å². The summed E-state index contributed by atoms with van der Waals surface area (Å²) in [6.07, 6.45) is 0.752. The Morgan fingerprint density at radius 2 is 2.15 bits per heavy atom. The van der Waals surface area contributed by atoms with Crippen molar-refractivity contribution in [2.24, 2.45) is 0 Å². The summed E-state index contributed by atoms with van der Waals surface area (Å²) in [6.45, 7) is 3.77. The van der Waals surface area contributed by atoms with Crippen molar-refractivity contribution in [1.29, 1.82) is 0 Å². The zero-order valence-corrected chi connectivity index (χ0v) is 8.34. The first-order valence-corrected chi connectivity index (χ1v) is 4.43. The van der Waals surface area contributed by atoms with E-state index in [1.165, 1.54) is 0 Å². The van der Waals surface area contributed by atoms with Crippen LogP contribution in [0.5, 0.6) is 5.75 Å². The first-order chi connectivity index (χ1) is 6.15. The van der Waals surface area contributed by atoms with Crippen molar-refractivity contribution < 1.29 is 9.53 Å². The number of hydrogen-bond acceptors (Lipinski definition) is 2. The maximum Gasteiger partial charge on any atom is 0.153 e. The van der Waals surface area contributed by atoms with E-state index < -0.39 is 0 Å². The van der Waals surface area contributed by atoms with Gasteiger partial charge in [-0.3, -0.25) is 4.79 Å². The van der Waals surface area contributed by atoms with Crippen LogP contribution in [0, 0.1) is 0 Å². The predicted molar refractivity (Wildman–Crippen MR) is 52.6 cm³/mol. The van der Waals surface area contributed by atoms with Crippen LogP contribution in [0.1, 0.15) is 24.2 Å². The van der Waals surface area contributed by atoms with E-state index in [1.807, 2.05) is 13.8 Å². The third kappa shape index (κ3) is 2.46. The van der Waals surface area contributed by atoms with Gasteiger partial charge in [-0.2, -0.15) is 0 Å². The van der Waals surface area contributed by atoms with Gasteiger partial charge >= 0.3 is 0 Å². The molecule has 0 radical (unpaired) electrons. The summed E-state index contributed by atoms with van der Waals surface area (Å²) in [5.74, 6) is 0.467. The Morgan fingerprint density at radius 3 is 2.69 bits per heavy atom. The molecule has 1 aromatic carbocycles. The fraction of sp³-hybridized carbons (Fsp3) is 0.300. The van der Waals surface area contributed by atoms with Gasteiger partial charge in [0.25, 0.3) is 0 Å². The molecule has 1 rings (SSSR count). The van der Waals surface area contributed by atoms with Gasteiger partial charge in [0.1, 0.15) is 5.75 Å². The zero-order valence-electron chi connectivity index (χ0n) is 7.58. The van der Waals surface area contributed by atoms with Gasteiger partial charge in [0.15, 0.2) is 6.29 Å². The molecular formula is C10H11ClO2. The average Bonchev–Trinajstić information content (AvgIpc) is 2.08. The van der Waals surface area contributed by atoms with E-state index >= 15 is 0 Å². The molecule has 0 aliphatic heterocycles. The van der Waals surface area contributed by atoms with Gasteiger partial charge in [0.05, 0.1) is 16.7 Å². The zero-order chi connectivity index (χ0) is 9.84. The molecule has 13 heavy (non-hydrogen) atoms. The minimum atomic E-state index is 0.0126. The summed E-state index contributed by atoms with van der Waals surface area (Å²) >= 11 is 5.87. The number of aldehydes is 1. The monoisotopic (exact) mass is 198 g/mol. The van der Waals surface area contributed by atoms with E-state index in [0.29, 0.717) is 16.3 Å². The van der Waals surface area contributed by atoms with Gasteiger partial charge in [0.2, 0.25) is 0 Å². The lowest BCUT2D eigenvalue weighted by Gasteiger charge is -2.12. The number of carbonyl (C=O) groups is 1. The molecule has 0 amide bonds. The molecule has 0 aliphatic carbocycles. The standard InChI is InChI=1S/C10H11ClO2/c1-7(2)13-10-8(6-12)4-3-5-9(10)11/h3-7H,1-2H3. The fourth-order valence-corrected chi connectivity index (χ4v) is 1.20. The molecule has 70 valence electrons. The molecule has 0 N–H and O–H groups in total. The van der Waals surface area contributed by atoms with Crippen LogP contribution in [0.15, 0.2) is 18.2 Å². The molecular weight excluding hydrogens is 188 g/mol. The van der Waals surface area contributed by atoms with Crippen molar-refractivity contribution in [1.82, 2.24) is 0 Å². The van der Waals surface area contributed by atoms with Crippen LogP contribution in [0.25, 0.3) is 0 Å². The maximum absolute atomic E-state index is 10.6. The number of hydrogen-bond donors (Lipinski definition) is 0. The van der Waals surface area contributed by atoms with Gasteiger partial charge in [0, 0.05) is 0 Å². The lowest BCUT2D eigenvalue weighted by Crippen LogP contribution is -2.07. The van der Waals surface area contributed by atoms with Crippen LogP contribution in [-0.4, -0.2) is 12.4 Å². The van der Waals surface area contributed by atoms with Crippen LogP contribution in [0.2, 0.25) is 5.02 Å². The highest BCUT2D eigenvalue weighted by Gasteiger charge is 2.08. The molecule has 0 unspecified atom stereocenters. The summed E-state index contributed by atoms with van der Waals surface area (Å²) < 4.78 is 5.40. The van der Waals surface area contributed by atoms with E-state index in [-0.39, 0.29) is 6.10 Å². The highest BCUT2D eigenvalue weighted by molar-refractivity contribution is 6.32. The Balaban J connectivity index is 3.07. The molecule has 0 fully saturated rings. The molecule has 3 heteroatoms. The summed E-state index contributed by atoms with van der Waals surface area (Å²) in [6, 6.07) is 5.10. The van der Waals surface area contributed by atoms with Crippen LogP contribution < -0.4 is 4.74 Å². The molecule has 0 atom stereocenters. The number of rotatable bonds is 3. The third-order valence-corrected chi connectivity index (χ3v) is 1.78. The van der Waals surface area contributed by atoms with Gasteiger partial charge in [-0.15, -0.1) is 0 Å². The van der Waals surface area contributed by atoms with Gasteiger partial charge in [-0.1, -0.05) is 17.7 Å². The molecule has 0 spiro atoms. The Bertz CT molecular complexity index is 308. The van der Waals surface area contributed by atoms with Crippen molar-refractivity contribution in [2.45, 2.75) is 20.0 Å². The van der Waals surface area contributed by atoms with Crippen LogP contribution in [0.3, 0.4) is 0 Å². The second kappa shape index (κ2) is 4.28. The average molecular weight is 199 g/mol. The van der Waals surface area contributed by atoms with Crippen molar-refractivity contribution in [2.75, 3.05) is 0 Å². The topological polar surface area (TPSA) is 26.3 Å². The first-order valence-electron chi connectivity index (χ1n) is 4.05. The molecule has 2 nitrogen and oxygen atoms in total. The van der Waals surface area contributed by atoms with Gasteiger partial charge in [-0.05, 0) is 26.0 Å². The van der Waals surface area contributed by atoms with E-state index in [9.17, 15) is 4.79 Å². The first kappa shape index (κ1) is 10.1. The van der Waals surface area contributed by atoms with Gasteiger partial charge in [-0.25, -0.2) is 0 Å². The maximum atomic E-state index is 10.6.